The van der Waals surface area contributed by atoms with Gasteiger partial charge in [-0.1, -0.05) is 11.6 Å². The van der Waals surface area contributed by atoms with E-state index in [0.717, 1.165) is 5.57 Å². The molecule has 0 saturated heterocycles. The summed E-state index contributed by atoms with van der Waals surface area (Å²) in [5.74, 6) is -0.300. The van der Waals surface area contributed by atoms with E-state index in [-0.39, 0.29) is 5.97 Å². The maximum absolute atomic E-state index is 10.5. The highest BCUT2D eigenvalue weighted by molar-refractivity contribution is 5.82. The van der Waals surface area contributed by atoms with Crippen molar-refractivity contribution < 1.29 is 9.53 Å². The van der Waals surface area contributed by atoms with E-state index in [1.54, 1.807) is 0 Å². The van der Waals surface area contributed by atoms with Crippen LogP contribution in [0.1, 0.15) is 13.8 Å². The number of ether oxygens (including phenoxy) is 1. The third kappa shape index (κ3) is 3.76. The van der Waals surface area contributed by atoms with E-state index in [4.69, 9.17) is 0 Å². The lowest BCUT2D eigenvalue weighted by Crippen LogP contribution is -2.00. The molecule has 0 rings (SSSR count). The number of rotatable bonds is 2. The molecule has 0 aliphatic heterocycles. The molecule has 0 unspecified atom stereocenters. The fourth-order valence-electron chi connectivity index (χ4n) is 0.328. The third-order valence-electron chi connectivity index (χ3n) is 1.00. The zero-order valence-electron chi connectivity index (χ0n) is 5.97. The highest BCUT2D eigenvalue weighted by Gasteiger charge is 1.99. The Hall–Kier alpha value is -0.790. The van der Waals surface area contributed by atoms with Crippen LogP contribution in [0, 0.1) is 6.42 Å². The predicted octanol–water partition coefficient (Wildman–Crippen LogP) is 1.33. The SMILES string of the molecule is CC=C(C)[CH]C(=O)OC. The molecule has 0 atom stereocenters. The Kier molecular flexibility index (Phi) is 3.76. The lowest BCUT2D eigenvalue weighted by molar-refractivity contribution is -0.136. The molecular formula is C7H11O2. The summed E-state index contributed by atoms with van der Waals surface area (Å²) >= 11 is 0. The number of hydrogen-bond donors (Lipinski definition) is 0. The van der Waals surface area contributed by atoms with E-state index in [1.165, 1.54) is 13.5 Å². The Morgan fingerprint density at radius 1 is 1.56 bits per heavy atom. The van der Waals surface area contributed by atoms with Crippen molar-refractivity contribution in [2.75, 3.05) is 7.11 Å². The molecule has 9 heavy (non-hydrogen) atoms. The standard InChI is InChI=1S/C7H11O2/c1-4-6(2)5-7(8)9-3/h4-5H,1-3H3. The maximum atomic E-state index is 10.5. The molecule has 1 radical (unpaired) electrons. The lowest BCUT2D eigenvalue weighted by atomic mass is 10.2. The van der Waals surface area contributed by atoms with Gasteiger partial charge in [-0.2, -0.15) is 0 Å². The van der Waals surface area contributed by atoms with Crippen molar-refractivity contribution in [3.8, 4) is 0 Å². The minimum absolute atomic E-state index is 0.300. The highest BCUT2D eigenvalue weighted by atomic mass is 16.5. The van der Waals surface area contributed by atoms with Crippen LogP contribution in [0.3, 0.4) is 0 Å². The Bertz CT molecular complexity index is 125. The van der Waals surface area contributed by atoms with Gasteiger partial charge in [0, 0.05) is 0 Å². The Balaban J connectivity index is 3.60. The van der Waals surface area contributed by atoms with Crippen LogP contribution in [0.25, 0.3) is 0 Å². The van der Waals surface area contributed by atoms with Crippen LogP contribution in [0.5, 0.6) is 0 Å². The zero-order chi connectivity index (χ0) is 7.28. The zero-order valence-corrected chi connectivity index (χ0v) is 5.97. The van der Waals surface area contributed by atoms with E-state index >= 15 is 0 Å². The van der Waals surface area contributed by atoms with Gasteiger partial charge < -0.3 is 4.74 Å². The first-order chi connectivity index (χ1) is 4.20. The molecule has 0 aliphatic rings. The fourth-order valence-corrected chi connectivity index (χ4v) is 0.328. The van der Waals surface area contributed by atoms with Gasteiger partial charge >= 0.3 is 5.97 Å². The highest BCUT2D eigenvalue weighted by Crippen LogP contribution is 1.97. The molecule has 0 aliphatic carbocycles. The quantitative estimate of drug-likeness (QED) is 0.523. The number of methoxy groups -OCH3 is 1. The molecule has 0 aromatic heterocycles. The summed E-state index contributed by atoms with van der Waals surface area (Å²) in [7, 11) is 1.36. The molecule has 0 aromatic carbocycles. The van der Waals surface area contributed by atoms with Gasteiger partial charge in [0.2, 0.25) is 0 Å². The number of carbonyl (C=O) groups is 1. The van der Waals surface area contributed by atoms with Gasteiger partial charge in [-0.15, -0.1) is 0 Å². The predicted molar refractivity (Wildman–Crippen MR) is 35.7 cm³/mol. The summed E-state index contributed by atoms with van der Waals surface area (Å²) in [6.45, 7) is 3.71. The first kappa shape index (κ1) is 8.21. The minimum atomic E-state index is -0.300. The minimum Gasteiger partial charge on any atom is -0.469 e. The van der Waals surface area contributed by atoms with Crippen LogP contribution in [0.2, 0.25) is 0 Å². The van der Waals surface area contributed by atoms with Crippen LogP contribution >= 0.6 is 0 Å². The summed E-state index contributed by atoms with van der Waals surface area (Å²) in [6.07, 6.45) is 3.29. The van der Waals surface area contributed by atoms with Crippen LogP contribution in [-0.2, 0) is 9.53 Å². The Morgan fingerprint density at radius 2 is 2.11 bits per heavy atom. The monoisotopic (exact) mass is 127 g/mol. The Morgan fingerprint density at radius 3 is 2.44 bits per heavy atom. The van der Waals surface area contributed by atoms with E-state index in [9.17, 15) is 4.79 Å². The van der Waals surface area contributed by atoms with Crippen LogP contribution in [0.15, 0.2) is 11.6 Å². The van der Waals surface area contributed by atoms with Crippen molar-refractivity contribution in [2.45, 2.75) is 13.8 Å². The van der Waals surface area contributed by atoms with Gasteiger partial charge in [-0.25, -0.2) is 0 Å². The number of carbonyl (C=O) groups excluding carboxylic acids is 1. The first-order valence-electron chi connectivity index (χ1n) is 2.76. The molecule has 2 heteroatoms. The van der Waals surface area contributed by atoms with Gasteiger partial charge in [0.05, 0.1) is 13.5 Å². The van der Waals surface area contributed by atoms with Crippen molar-refractivity contribution in [3.05, 3.63) is 18.1 Å². The Labute approximate surface area is 55.5 Å². The largest absolute Gasteiger partial charge is 0.469 e. The molecule has 0 heterocycles. The van der Waals surface area contributed by atoms with E-state index in [2.05, 4.69) is 4.74 Å². The summed E-state index contributed by atoms with van der Waals surface area (Å²) in [5, 5.41) is 0. The average molecular weight is 127 g/mol. The van der Waals surface area contributed by atoms with Crippen LogP contribution in [-0.4, -0.2) is 13.1 Å². The fraction of sp³-hybridized carbons (Fsp3) is 0.429. The summed E-state index contributed by atoms with van der Waals surface area (Å²) in [4.78, 5) is 10.5. The molecule has 0 amide bonds. The summed E-state index contributed by atoms with van der Waals surface area (Å²) < 4.78 is 4.39. The van der Waals surface area contributed by atoms with Crippen LogP contribution < -0.4 is 0 Å². The molecule has 0 fully saturated rings. The van der Waals surface area contributed by atoms with Crippen molar-refractivity contribution in [3.63, 3.8) is 0 Å². The molecule has 51 valence electrons. The van der Waals surface area contributed by atoms with Gasteiger partial charge in [0.25, 0.3) is 0 Å². The van der Waals surface area contributed by atoms with Gasteiger partial charge in [-0.3, -0.25) is 4.79 Å². The van der Waals surface area contributed by atoms with E-state index in [0.29, 0.717) is 0 Å². The molecule has 0 bridgehead atoms. The molecular weight excluding hydrogens is 116 g/mol. The number of esters is 1. The van der Waals surface area contributed by atoms with Gasteiger partial charge in [-0.05, 0) is 13.8 Å². The number of allylic oxidation sites excluding steroid dienone is 1. The molecule has 0 N–H and O–H groups in total. The van der Waals surface area contributed by atoms with Gasteiger partial charge in [0.15, 0.2) is 0 Å². The van der Waals surface area contributed by atoms with Crippen molar-refractivity contribution in [2.24, 2.45) is 0 Å². The molecule has 2 nitrogen and oxygen atoms in total. The van der Waals surface area contributed by atoms with Crippen molar-refractivity contribution in [1.29, 1.82) is 0 Å². The maximum Gasteiger partial charge on any atom is 0.314 e. The normalized spacial score (nSPS) is 11.2. The number of hydrogen-bond acceptors (Lipinski definition) is 2. The van der Waals surface area contributed by atoms with Crippen molar-refractivity contribution in [1.82, 2.24) is 0 Å². The molecule has 0 spiro atoms. The summed E-state index contributed by atoms with van der Waals surface area (Å²) in [5.41, 5.74) is 0.918. The third-order valence-corrected chi connectivity index (χ3v) is 1.00. The molecule has 0 saturated carbocycles. The first-order valence-corrected chi connectivity index (χ1v) is 2.76. The smallest absolute Gasteiger partial charge is 0.314 e. The molecule has 0 aromatic rings. The van der Waals surface area contributed by atoms with Crippen LogP contribution in [0.4, 0.5) is 0 Å². The second-order valence-corrected chi connectivity index (χ2v) is 1.70. The lowest BCUT2D eigenvalue weighted by Gasteiger charge is -1.95. The van der Waals surface area contributed by atoms with E-state index < -0.39 is 0 Å². The van der Waals surface area contributed by atoms with E-state index in [1.807, 2.05) is 19.9 Å². The second-order valence-electron chi connectivity index (χ2n) is 1.70. The average Bonchev–Trinajstić information content (AvgIpc) is 1.87. The topological polar surface area (TPSA) is 26.3 Å². The summed E-state index contributed by atoms with van der Waals surface area (Å²) in [6, 6.07) is 0. The van der Waals surface area contributed by atoms with Gasteiger partial charge in [0.1, 0.15) is 0 Å². The second kappa shape index (κ2) is 4.13. The van der Waals surface area contributed by atoms with Crippen molar-refractivity contribution >= 4 is 5.97 Å².